The molecule has 0 fully saturated rings. The van der Waals surface area contributed by atoms with E-state index < -0.39 is 5.41 Å². The SMILES string of the molecule is C=C(N=N/C(=C(\C)c1ccccc1)c1ccccc1-c1ccccc1-c1cccc2c1C1(c3ccccc3Sc3ccccc31)c1ccccc1-2)c1ccccc1. The second-order valence-corrected chi connectivity index (χ2v) is 15.6. The molecule has 0 N–H and O–H groups in total. The normalized spacial score (nSPS) is 13.7. The Labute approximate surface area is 338 Å². The third-order valence-electron chi connectivity index (χ3n) is 11.5. The van der Waals surface area contributed by atoms with Gasteiger partial charge in [0.2, 0.25) is 0 Å². The van der Waals surface area contributed by atoms with Crippen LogP contribution in [-0.4, -0.2) is 0 Å². The molecule has 1 aliphatic carbocycles. The zero-order valence-electron chi connectivity index (χ0n) is 31.6. The predicted octanol–water partition coefficient (Wildman–Crippen LogP) is 14.9. The van der Waals surface area contributed by atoms with Crippen LogP contribution in [-0.2, 0) is 5.41 Å². The minimum Gasteiger partial charge on any atom is -0.151 e. The molecular formula is C54H38N2S. The van der Waals surface area contributed by atoms with Crippen LogP contribution in [0.3, 0.4) is 0 Å². The molecule has 10 rings (SSSR count). The van der Waals surface area contributed by atoms with Crippen molar-refractivity contribution in [3.05, 3.63) is 246 Å². The maximum Gasteiger partial charge on any atom is 0.0970 e. The first kappa shape index (κ1) is 34.7. The van der Waals surface area contributed by atoms with Gasteiger partial charge in [-0.3, -0.25) is 0 Å². The van der Waals surface area contributed by atoms with Crippen LogP contribution in [0, 0.1) is 0 Å². The molecular weight excluding hydrogens is 709 g/mol. The molecule has 0 unspecified atom stereocenters. The van der Waals surface area contributed by atoms with Crippen molar-refractivity contribution >= 4 is 28.7 Å². The maximum atomic E-state index is 5.04. The molecule has 0 saturated heterocycles. The Hall–Kier alpha value is -6.81. The summed E-state index contributed by atoms with van der Waals surface area (Å²) < 4.78 is 0. The van der Waals surface area contributed by atoms with Crippen LogP contribution >= 0.6 is 11.8 Å². The van der Waals surface area contributed by atoms with Crippen molar-refractivity contribution in [2.75, 3.05) is 0 Å². The lowest BCUT2D eigenvalue weighted by Crippen LogP contribution is -2.32. The van der Waals surface area contributed by atoms with Gasteiger partial charge in [-0.15, -0.1) is 5.11 Å². The molecule has 2 nitrogen and oxygen atoms in total. The van der Waals surface area contributed by atoms with E-state index in [1.54, 1.807) is 0 Å². The highest BCUT2D eigenvalue weighted by Gasteiger charge is 2.51. The van der Waals surface area contributed by atoms with Crippen LogP contribution in [0.15, 0.2) is 227 Å². The zero-order chi connectivity index (χ0) is 38.3. The molecule has 3 heteroatoms. The lowest BCUT2D eigenvalue weighted by molar-refractivity contribution is 0.724. The summed E-state index contributed by atoms with van der Waals surface area (Å²) in [7, 11) is 0. The van der Waals surface area contributed by atoms with E-state index in [-0.39, 0.29) is 0 Å². The lowest BCUT2D eigenvalue weighted by atomic mass is 9.65. The molecule has 270 valence electrons. The van der Waals surface area contributed by atoms with Gasteiger partial charge in [-0.05, 0) is 85.8 Å². The first-order chi connectivity index (χ1) is 28.1. The molecule has 0 radical (unpaired) electrons. The van der Waals surface area contributed by atoms with Crippen molar-refractivity contribution in [3.8, 4) is 33.4 Å². The summed E-state index contributed by atoms with van der Waals surface area (Å²) in [5.74, 6) is 0. The molecule has 8 aromatic rings. The smallest absolute Gasteiger partial charge is 0.0970 e. The van der Waals surface area contributed by atoms with Gasteiger partial charge < -0.3 is 0 Å². The topological polar surface area (TPSA) is 24.7 Å². The third kappa shape index (κ3) is 5.65. The minimum atomic E-state index is -0.505. The Kier molecular flexibility index (Phi) is 8.73. The van der Waals surface area contributed by atoms with Gasteiger partial charge >= 0.3 is 0 Å². The van der Waals surface area contributed by atoms with Gasteiger partial charge in [-0.2, -0.15) is 5.11 Å². The number of nitrogens with zero attached hydrogens (tertiary/aromatic N) is 2. The number of hydrogen-bond donors (Lipinski definition) is 0. The molecule has 0 amide bonds. The molecule has 2 aliphatic rings. The van der Waals surface area contributed by atoms with Gasteiger partial charge in [0.25, 0.3) is 0 Å². The van der Waals surface area contributed by atoms with Gasteiger partial charge in [0, 0.05) is 20.9 Å². The van der Waals surface area contributed by atoms with Crippen molar-refractivity contribution in [3.63, 3.8) is 0 Å². The van der Waals surface area contributed by atoms with E-state index in [9.17, 15) is 0 Å². The summed E-state index contributed by atoms with van der Waals surface area (Å²) in [4.78, 5) is 2.59. The summed E-state index contributed by atoms with van der Waals surface area (Å²) in [5.41, 5.74) is 17.5. The van der Waals surface area contributed by atoms with Crippen molar-refractivity contribution in [2.24, 2.45) is 10.2 Å². The highest BCUT2D eigenvalue weighted by atomic mass is 32.2. The fourth-order valence-corrected chi connectivity index (χ4v) is 10.2. The lowest BCUT2D eigenvalue weighted by Gasteiger charge is -2.40. The molecule has 0 aromatic heterocycles. The molecule has 1 heterocycles. The first-order valence-corrected chi connectivity index (χ1v) is 20.2. The van der Waals surface area contributed by atoms with Crippen LogP contribution in [0.5, 0.6) is 0 Å². The average molecular weight is 747 g/mol. The summed E-state index contributed by atoms with van der Waals surface area (Å²) in [6, 6.07) is 71.9. The van der Waals surface area contributed by atoms with Crippen molar-refractivity contribution in [2.45, 2.75) is 22.1 Å². The van der Waals surface area contributed by atoms with E-state index in [1.807, 2.05) is 48.2 Å². The van der Waals surface area contributed by atoms with Gasteiger partial charge in [0.05, 0.1) is 16.8 Å². The van der Waals surface area contributed by atoms with Gasteiger partial charge in [0.1, 0.15) is 0 Å². The maximum absolute atomic E-state index is 5.04. The summed E-state index contributed by atoms with van der Waals surface area (Å²) >= 11 is 1.87. The van der Waals surface area contributed by atoms with Crippen LogP contribution < -0.4 is 0 Å². The predicted molar refractivity (Wildman–Crippen MR) is 238 cm³/mol. The number of allylic oxidation sites excluding steroid dienone is 1. The largest absolute Gasteiger partial charge is 0.151 e. The van der Waals surface area contributed by atoms with Crippen LogP contribution in [0.1, 0.15) is 45.9 Å². The highest BCUT2D eigenvalue weighted by molar-refractivity contribution is 7.99. The fourth-order valence-electron chi connectivity index (χ4n) is 8.97. The van der Waals surface area contributed by atoms with Crippen LogP contribution in [0.4, 0.5) is 0 Å². The van der Waals surface area contributed by atoms with Gasteiger partial charge in [0.15, 0.2) is 0 Å². The number of azo groups is 1. The Bertz CT molecular complexity index is 2860. The molecule has 0 atom stereocenters. The van der Waals surface area contributed by atoms with E-state index in [4.69, 9.17) is 10.2 Å². The standard InChI is InChI=1S/C54H38N2S/c1-36(38-20-5-3-6-21-38)53(56-55-37(2)39-22-7-4-8-23-39)46-28-12-11-26-42(46)40-24-9-10-25-41(40)44-29-19-30-45-43-27-13-14-31-47(43)54(52(44)45)48-32-15-17-34-50(48)57-51-35-18-16-33-49(51)54/h3-35H,2H2,1H3/b53-36+,56-55?. The molecule has 0 bridgehead atoms. The summed E-state index contributed by atoms with van der Waals surface area (Å²) in [6.07, 6.45) is 0. The van der Waals surface area contributed by atoms with Crippen molar-refractivity contribution < 1.29 is 0 Å². The quantitative estimate of drug-likeness (QED) is 0.118. The number of benzene rings is 8. The molecule has 1 aliphatic heterocycles. The van der Waals surface area contributed by atoms with Crippen molar-refractivity contribution in [1.29, 1.82) is 0 Å². The number of hydrogen-bond acceptors (Lipinski definition) is 3. The number of fused-ring (bicyclic) bond motifs is 9. The summed E-state index contributed by atoms with van der Waals surface area (Å²) in [5, 5.41) is 9.81. The highest BCUT2D eigenvalue weighted by Crippen LogP contribution is 2.64. The Morgan fingerprint density at radius 2 is 0.877 bits per heavy atom. The number of rotatable bonds is 7. The summed E-state index contributed by atoms with van der Waals surface area (Å²) in [6.45, 7) is 6.43. The van der Waals surface area contributed by atoms with E-state index in [0.717, 1.165) is 39.1 Å². The fraction of sp³-hybridized carbons (Fsp3) is 0.0370. The van der Waals surface area contributed by atoms with E-state index >= 15 is 0 Å². The Morgan fingerprint density at radius 1 is 0.421 bits per heavy atom. The van der Waals surface area contributed by atoms with Crippen LogP contribution in [0.2, 0.25) is 0 Å². The Morgan fingerprint density at radius 3 is 1.53 bits per heavy atom. The second-order valence-electron chi connectivity index (χ2n) is 14.6. The molecule has 8 aromatic carbocycles. The molecule has 57 heavy (non-hydrogen) atoms. The first-order valence-electron chi connectivity index (χ1n) is 19.4. The third-order valence-corrected chi connectivity index (χ3v) is 12.6. The molecule has 0 saturated carbocycles. The van der Waals surface area contributed by atoms with Crippen molar-refractivity contribution in [1.82, 2.24) is 0 Å². The average Bonchev–Trinajstić information content (AvgIpc) is 3.58. The monoisotopic (exact) mass is 746 g/mol. The zero-order valence-corrected chi connectivity index (χ0v) is 32.4. The Balaban J connectivity index is 1.22. The van der Waals surface area contributed by atoms with E-state index in [1.165, 1.54) is 54.3 Å². The van der Waals surface area contributed by atoms with Crippen LogP contribution in [0.25, 0.3) is 50.3 Å². The van der Waals surface area contributed by atoms with E-state index in [0.29, 0.717) is 5.70 Å². The molecule has 1 spiro atoms. The van der Waals surface area contributed by atoms with Gasteiger partial charge in [-0.1, -0.05) is 206 Å². The second kappa shape index (κ2) is 14.4. The minimum absolute atomic E-state index is 0.505. The van der Waals surface area contributed by atoms with Gasteiger partial charge in [-0.25, -0.2) is 0 Å². The van der Waals surface area contributed by atoms with E-state index in [2.05, 4.69) is 177 Å².